The van der Waals surface area contributed by atoms with Crippen molar-refractivity contribution in [2.24, 2.45) is 0 Å². The van der Waals surface area contributed by atoms with Crippen LogP contribution in [0.4, 0.5) is 0 Å². The van der Waals surface area contributed by atoms with Crippen LogP contribution in [0.15, 0.2) is 23.8 Å². The third kappa shape index (κ3) is 0.932. The Balaban J connectivity index is 2.93. The fourth-order valence-electron chi connectivity index (χ4n) is 0.843. The molecule has 2 rings (SSSR count). The van der Waals surface area contributed by atoms with Gasteiger partial charge in [0.1, 0.15) is 0 Å². The molecular formula is C7H4INS. The molecule has 0 atom stereocenters. The molecule has 1 nitrogen and oxygen atoms in total. The number of pyridine rings is 1. The van der Waals surface area contributed by atoms with Crippen molar-refractivity contribution in [2.75, 3.05) is 0 Å². The van der Waals surface area contributed by atoms with Crippen molar-refractivity contribution in [3.63, 3.8) is 0 Å². The zero-order valence-electron chi connectivity index (χ0n) is 5.04. The maximum absolute atomic E-state index is 4.05. The summed E-state index contributed by atoms with van der Waals surface area (Å²) in [6.07, 6.45) is 3.74. The molecule has 50 valence electrons. The number of halogens is 1. The molecule has 0 bridgehead atoms. The Hall–Kier alpha value is -0.160. The number of fused-ring (bicyclic) bond motifs is 1. The third-order valence-electron chi connectivity index (χ3n) is 1.33. The lowest BCUT2D eigenvalue weighted by Gasteiger charge is -1.85. The van der Waals surface area contributed by atoms with E-state index in [2.05, 4.69) is 33.0 Å². The second kappa shape index (κ2) is 2.47. The van der Waals surface area contributed by atoms with Gasteiger partial charge in [0.2, 0.25) is 0 Å². The molecule has 0 aliphatic carbocycles. The Morgan fingerprint density at radius 2 is 2.40 bits per heavy atom. The minimum atomic E-state index is 1.27. The Bertz CT molecular complexity index is 355. The summed E-state index contributed by atoms with van der Waals surface area (Å²) in [6.45, 7) is 0. The monoisotopic (exact) mass is 261 g/mol. The molecule has 0 spiro atoms. The van der Waals surface area contributed by atoms with Gasteiger partial charge in [-0.15, -0.1) is 11.3 Å². The van der Waals surface area contributed by atoms with Crippen molar-refractivity contribution in [1.82, 2.24) is 4.98 Å². The third-order valence-corrected chi connectivity index (χ3v) is 3.61. The molecule has 0 fully saturated rings. The topological polar surface area (TPSA) is 12.9 Å². The second-order valence-corrected chi connectivity index (χ2v) is 4.03. The summed E-state index contributed by atoms with van der Waals surface area (Å²) in [7, 11) is 0. The number of hydrogen-bond donors (Lipinski definition) is 0. The highest BCUT2D eigenvalue weighted by Gasteiger charge is 1.97. The fourth-order valence-corrected chi connectivity index (χ4v) is 2.62. The zero-order valence-corrected chi connectivity index (χ0v) is 8.02. The second-order valence-electron chi connectivity index (χ2n) is 1.96. The maximum atomic E-state index is 4.05. The van der Waals surface area contributed by atoms with Gasteiger partial charge in [-0.05, 0) is 28.7 Å². The van der Waals surface area contributed by atoms with Gasteiger partial charge in [-0.25, -0.2) is 0 Å². The molecule has 2 aromatic heterocycles. The molecule has 0 aliphatic rings. The first-order valence-corrected chi connectivity index (χ1v) is 4.80. The van der Waals surface area contributed by atoms with Crippen LogP contribution in [-0.2, 0) is 0 Å². The lowest BCUT2D eigenvalue weighted by Crippen LogP contribution is -1.68. The van der Waals surface area contributed by atoms with Crippen molar-refractivity contribution >= 4 is 44.0 Å². The van der Waals surface area contributed by atoms with Crippen LogP contribution < -0.4 is 0 Å². The first-order chi connectivity index (χ1) is 4.88. The lowest BCUT2D eigenvalue weighted by molar-refractivity contribution is 1.37. The van der Waals surface area contributed by atoms with Crippen LogP contribution in [0.25, 0.3) is 10.1 Å². The van der Waals surface area contributed by atoms with E-state index in [1.54, 1.807) is 11.3 Å². The molecule has 2 heterocycles. The highest BCUT2D eigenvalue weighted by atomic mass is 127. The highest BCUT2D eigenvalue weighted by molar-refractivity contribution is 14.1. The molecule has 3 heteroatoms. The van der Waals surface area contributed by atoms with E-state index in [4.69, 9.17) is 0 Å². The van der Waals surface area contributed by atoms with Gasteiger partial charge in [0.25, 0.3) is 0 Å². The van der Waals surface area contributed by atoms with Crippen molar-refractivity contribution in [3.05, 3.63) is 27.4 Å². The van der Waals surface area contributed by atoms with Crippen molar-refractivity contribution < 1.29 is 0 Å². The summed E-state index contributed by atoms with van der Waals surface area (Å²) in [5, 5.41) is 3.42. The van der Waals surface area contributed by atoms with Crippen molar-refractivity contribution in [1.29, 1.82) is 0 Å². The smallest absolute Gasteiger partial charge is 0.0384 e. The van der Waals surface area contributed by atoms with E-state index in [-0.39, 0.29) is 0 Å². The first kappa shape index (κ1) is 6.54. The van der Waals surface area contributed by atoms with E-state index >= 15 is 0 Å². The number of thiophene rings is 1. The van der Waals surface area contributed by atoms with Crippen LogP contribution in [0.5, 0.6) is 0 Å². The van der Waals surface area contributed by atoms with E-state index < -0.39 is 0 Å². The average molecular weight is 261 g/mol. The van der Waals surface area contributed by atoms with E-state index in [1.807, 2.05) is 18.5 Å². The minimum absolute atomic E-state index is 1.27. The minimum Gasteiger partial charge on any atom is -0.264 e. The first-order valence-electron chi connectivity index (χ1n) is 2.84. The summed E-state index contributed by atoms with van der Waals surface area (Å²) < 4.78 is 2.62. The average Bonchev–Trinajstić information content (AvgIpc) is 2.34. The Kier molecular flexibility index (Phi) is 1.61. The molecule has 0 N–H and O–H groups in total. The van der Waals surface area contributed by atoms with Gasteiger partial charge in [0.05, 0.1) is 0 Å². The van der Waals surface area contributed by atoms with E-state index in [9.17, 15) is 0 Å². The van der Waals surface area contributed by atoms with E-state index in [0.717, 1.165) is 0 Å². The maximum Gasteiger partial charge on any atom is 0.0384 e. The Morgan fingerprint density at radius 3 is 3.20 bits per heavy atom. The molecule has 0 saturated carbocycles. The van der Waals surface area contributed by atoms with Gasteiger partial charge in [0.15, 0.2) is 0 Å². The normalized spacial score (nSPS) is 10.5. The zero-order chi connectivity index (χ0) is 6.97. The largest absolute Gasteiger partial charge is 0.264 e. The number of rotatable bonds is 0. The number of nitrogens with zero attached hydrogens (tertiary/aromatic N) is 1. The van der Waals surface area contributed by atoms with Crippen LogP contribution >= 0.6 is 33.9 Å². The lowest BCUT2D eigenvalue weighted by atomic mass is 10.4. The quantitative estimate of drug-likeness (QED) is 0.664. The van der Waals surface area contributed by atoms with Gasteiger partial charge in [-0.3, -0.25) is 4.98 Å². The molecule has 0 radical (unpaired) electrons. The summed E-state index contributed by atoms with van der Waals surface area (Å²) in [5.74, 6) is 0. The van der Waals surface area contributed by atoms with Crippen molar-refractivity contribution in [2.45, 2.75) is 0 Å². The van der Waals surface area contributed by atoms with Gasteiger partial charge in [-0.1, -0.05) is 0 Å². The van der Waals surface area contributed by atoms with Crippen LogP contribution in [0, 0.1) is 3.57 Å². The fraction of sp³-hybridized carbons (Fsp3) is 0. The summed E-state index contributed by atoms with van der Waals surface area (Å²) in [5.41, 5.74) is 0. The van der Waals surface area contributed by atoms with E-state index in [1.165, 1.54) is 13.7 Å². The predicted molar refractivity (Wildman–Crippen MR) is 52.3 cm³/mol. The van der Waals surface area contributed by atoms with E-state index in [0.29, 0.717) is 0 Å². The number of aromatic nitrogens is 1. The van der Waals surface area contributed by atoms with Crippen molar-refractivity contribution in [3.8, 4) is 0 Å². The van der Waals surface area contributed by atoms with Crippen LogP contribution in [-0.4, -0.2) is 4.98 Å². The Morgan fingerprint density at radius 1 is 1.50 bits per heavy atom. The van der Waals surface area contributed by atoms with Gasteiger partial charge < -0.3 is 0 Å². The van der Waals surface area contributed by atoms with Crippen LogP contribution in [0.1, 0.15) is 0 Å². The van der Waals surface area contributed by atoms with Crippen LogP contribution in [0.3, 0.4) is 0 Å². The van der Waals surface area contributed by atoms with Crippen LogP contribution in [0.2, 0.25) is 0 Å². The molecule has 0 aliphatic heterocycles. The molecule has 0 saturated heterocycles. The molecule has 10 heavy (non-hydrogen) atoms. The summed E-state index contributed by atoms with van der Waals surface area (Å²) >= 11 is 4.09. The standard InChI is InChI=1S/C7H4INS/c8-6-4-10-7-1-2-9-3-5(6)7/h1-4H. The van der Waals surface area contributed by atoms with Gasteiger partial charge >= 0.3 is 0 Å². The summed E-state index contributed by atoms with van der Waals surface area (Å²) in [4.78, 5) is 4.05. The molecule has 2 aromatic rings. The highest BCUT2D eigenvalue weighted by Crippen LogP contribution is 2.25. The molecule has 0 aromatic carbocycles. The predicted octanol–water partition coefficient (Wildman–Crippen LogP) is 2.90. The molecule has 0 unspecified atom stereocenters. The molecule has 0 amide bonds. The van der Waals surface area contributed by atoms with Gasteiger partial charge in [0, 0.05) is 31.4 Å². The number of hydrogen-bond acceptors (Lipinski definition) is 2. The van der Waals surface area contributed by atoms with Gasteiger partial charge in [-0.2, -0.15) is 0 Å². The molecular weight excluding hydrogens is 257 g/mol. The SMILES string of the molecule is Ic1csc2ccncc12. The summed E-state index contributed by atoms with van der Waals surface area (Å²) in [6, 6.07) is 2.04. The Labute approximate surface area is 76.2 Å².